The number of carbonyl (C=O) groups is 1. The van der Waals surface area contributed by atoms with Crippen molar-refractivity contribution in [1.82, 2.24) is 5.32 Å². The summed E-state index contributed by atoms with van der Waals surface area (Å²) >= 11 is 8.24. The van der Waals surface area contributed by atoms with Gasteiger partial charge in [0.05, 0.1) is 14.7 Å². The molecule has 1 aromatic heterocycles. The van der Waals surface area contributed by atoms with Gasteiger partial charge in [0.25, 0.3) is 5.91 Å². The van der Waals surface area contributed by atoms with Crippen LogP contribution in [0.2, 0.25) is 0 Å². The molecule has 1 atom stereocenters. The number of nitrogen functional groups attached to an aromatic ring is 1. The van der Waals surface area contributed by atoms with E-state index in [9.17, 15) is 4.79 Å². The van der Waals surface area contributed by atoms with Gasteiger partial charge in [0.15, 0.2) is 0 Å². The first-order valence-electron chi connectivity index (χ1n) is 6.18. The van der Waals surface area contributed by atoms with Crippen LogP contribution >= 0.6 is 43.2 Å². The van der Waals surface area contributed by atoms with Gasteiger partial charge in [0.1, 0.15) is 0 Å². The topological polar surface area (TPSA) is 55.1 Å². The number of fused-ring (bicyclic) bond motifs is 1. The third-order valence-corrected chi connectivity index (χ3v) is 6.67. The Morgan fingerprint density at radius 3 is 2.85 bits per heavy atom. The summed E-state index contributed by atoms with van der Waals surface area (Å²) in [5, 5.41) is 3.10. The van der Waals surface area contributed by atoms with Crippen LogP contribution in [0.5, 0.6) is 0 Å². The summed E-state index contributed by atoms with van der Waals surface area (Å²) < 4.78 is 1.84. The monoisotopic (exact) mass is 414 g/mol. The van der Waals surface area contributed by atoms with Crippen molar-refractivity contribution in [2.24, 2.45) is 0 Å². The second-order valence-electron chi connectivity index (χ2n) is 4.76. The number of aryl methyl sites for hydroxylation is 1. The van der Waals surface area contributed by atoms with Gasteiger partial charge in [0.2, 0.25) is 0 Å². The Kier molecular flexibility index (Phi) is 3.88. The second kappa shape index (κ2) is 5.50. The number of carbonyl (C=O) groups excluding carboxylic acids is 1. The number of nitrogens with two attached hydrogens (primary N) is 1. The first-order chi connectivity index (χ1) is 9.54. The van der Waals surface area contributed by atoms with Gasteiger partial charge in [-0.2, -0.15) is 0 Å². The summed E-state index contributed by atoms with van der Waals surface area (Å²) in [6.45, 7) is 0. The van der Waals surface area contributed by atoms with Gasteiger partial charge in [-0.1, -0.05) is 6.07 Å². The molecule has 1 aromatic carbocycles. The first kappa shape index (κ1) is 14.1. The van der Waals surface area contributed by atoms with Crippen molar-refractivity contribution >= 4 is 54.8 Å². The molecule has 0 saturated heterocycles. The lowest BCUT2D eigenvalue weighted by atomic mass is 10.1. The predicted octanol–water partition coefficient (Wildman–Crippen LogP) is 4.27. The Morgan fingerprint density at radius 1 is 1.35 bits per heavy atom. The lowest BCUT2D eigenvalue weighted by Gasteiger charge is -2.13. The molecule has 1 aliphatic carbocycles. The highest BCUT2D eigenvalue weighted by molar-refractivity contribution is 9.13. The maximum absolute atomic E-state index is 12.3. The molecular weight excluding hydrogens is 404 g/mol. The first-order valence-corrected chi connectivity index (χ1v) is 8.59. The number of thiophene rings is 1. The SMILES string of the molecule is Nc1ccc2c(c1)CCC2NC(=O)c1cc(Br)c(Br)s1. The smallest absolute Gasteiger partial charge is 0.261 e. The van der Waals surface area contributed by atoms with E-state index in [1.807, 2.05) is 24.3 Å². The lowest BCUT2D eigenvalue weighted by molar-refractivity contribution is 0.0941. The molecule has 1 amide bonds. The normalized spacial score (nSPS) is 17.0. The molecule has 1 unspecified atom stereocenters. The molecule has 0 saturated carbocycles. The molecule has 0 aliphatic heterocycles. The minimum atomic E-state index is -0.0314. The number of benzene rings is 1. The molecule has 0 fully saturated rings. The molecule has 6 heteroatoms. The molecule has 1 aliphatic rings. The largest absolute Gasteiger partial charge is 0.399 e. The summed E-state index contributed by atoms with van der Waals surface area (Å²) in [4.78, 5) is 13.0. The lowest BCUT2D eigenvalue weighted by Crippen LogP contribution is -2.26. The third kappa shape index (κ3) is 2.64. The highest BCUT2D eigenvalue weighted by Gasteiger charge is 2.25. The predicted molar refractivity (Wildman–Crippen MR) is 89.1 cm³/mol. The summed E-state index contributed by atoms with van der Waals surface area (Å²) in [5.74, 6) is -0.0314. The Morgan fingerprint density at radius 2 is 2.15 bits per heavy atom. The zero-order chi connectivity index (χ0) is 14.3. The molecule has 2 aromatic rings. The van der Waals surface area contributed by atoms with Gasteiger partial charge in [-0.3, -0.25) is 4.79 Å². The van der Waals surface area contributed by atoms with E-state index in [-0.39, 0.29) is 11.9 Å². The van der Waals surface area contributed by atoms with Crippen LogP contribution in [-0.4, -0.2) is 5.91 Å². The Labute approximate surface area is 137 Å². The van der Waals surface area contributed by atoms with Crippen molar-refractivity contribution in [2.45, 2.75) is 18.9 Å². The van der Waals surface area contributed by atoms with E-state index in [0.29, 0.717) is 4.88 Å². The molecule has 0 radical (unpaired) electrons. The fourth-order valence-electron chi connectivity index (χ4n) is 2.48. The van der Waals surface area contributed by atoms with Crippen molar-refractivity contribution < 1.29 is 4.79 Å². The van der Waals surface area contributed by atoms with Crippen LogP contribution in [0.3, 0.4) is 0 Å². The fourth-order valence-corrected chi connectivity index (χ4v) is 4.41. The van der Waals surface area contributed by atoms with E-state index < -0.39 is 0 Å². The van der Waals surface area contributed by atoms with Gasteiger partial charge in [-0.25, -0.2) is 0 Å². The van der Waals surface area contributed by atoms with Gasteiger partial charge in [0, 0.05) is 10.2 Å². The minimum Gasteiger partial charge on any atom is -0.399 e. The number of hydrogen-bond acceptors (Lipinski definition) is 3. The van der Waals surface area contributed by atoms with Crippen LogP contribution in [0.1, 0.15) is 33.3 Å². The van der Waals surface area contributed by atoms with Crippen LogP contribution in [-0.2, 0) is 6.42 Å². The number of halogens is 2. The highest BCUT2D eigenvalue weighted by Crippen LogP contribution is 2.35. The van der Waals surface area contributed by atoms with Gasteiger partial charge in [-0.15, -0.1) is 11.3 Å². The molecule has 104 valence electrons. The van der Waals surface area contributed by atoms with E-state index in [1.54, 1.807) is 0 Å². The molecule has 3 nitrogen and oxygen atoms in total. The Bertz CT molecular complexity index is 664. The van der Waals surface area contributed by atoms with Crippen molar-refractivity contribution in [3.63, 3.8) is 0 Å². The maximum Gasteiger partial charge on any atom is 0.261 e. The van der Waals surface area contributed by atoms with Gasteiger partial charge >= 0.3 is 0 Å². The Hall–Kier alpha value is -0.850. The average Bonchev–Trinajstić information content (AvgIpc) is 2.94. The van der Waals surface area contributed by atoms with Crippen LogP contribution in [0.15, 0.2) is 32.5 Å². The maximum atomic E-state index is 12.3. The van der Waals surface area contributed by atoms with Crippen LogP contribution in [0.25, 0.3) is 0 Å². The van der Waals surface area contributed by atoms with Crippen molar-refractivity contribution in [1.29, 1.82) is 0 Å². The standard InChI is InChI=1S/C14H12Br2N2OS/c15-10-6-12(20-13(10)16)14(19)18-11-4-1-7-5-8(17)2-3-9(7)11/h2-3,5-6,11H,1,4,17H2,(H,18,19). The zero-order valence-corrected chi connectivity index (χ0v) is 14.4. The third-order valence-electron chi connectivity index (χ3n) is 3.42. The van der Waals surface area contributed by atoms with E-state index in [0.717, 1.165) is 26.8 Å². The highest BCUT2D eigenvalue weighted by atomic mass is 79.9. The number of hydrogen-bond donors (Lipinski definition) is 2. The molecule has 0 bridgehead atoms. The zero-order valence-electron chi connectivity index (χ0n) is 10.5. The fraction of sp³-hybridized carbons (Fsp3) is 0.214. The van der Waals surface area contributed by atoms with E-state index in [1.165, 1.54) is 22.5 Å². The number of rotatable bonds is 2. The number of anilines is 1. The molecule has 20 heavy (non-hydrogen) atoms. The van der Waals surface area contributed by atoms with E-state index in [2.05, 4.69) is 37.2 Å². The Balaban J connectivity index is 1.78. The van der Waals surface area contributed by atoms with Crippen LogP contribution in [0, 0.1) is 0 Å². The van der Waals surface area contributed by atoms with Crippen molar-refractivity contribution in [3.05, 3.63) is 48.5 Å². The second-order valence-corrected chi connectivity index (χ2v) is 7.98. The van der Waals surface area contributed by atoms with E-state index in [4.69, 9.17) is 5.73 Å². The van der Waals surface area contributed by atoms with Crippen LogP contribution < -0.4 is 11.1 Å². The van der Waals surface area contributed by atoms with Crippen molar-refractivity contribution in [2.75, 3.05) is 5.73 Å². The van der Waals surface area contributed by atoms with Crippen molar-refractivity contribution in [3.8, 4) is 0 Å². The quantitative estimate of drug-likeness (QED) is 0.719. The summed E-state index contributed by atoms with van der Waals surface area (Å²) in [6.07, 6.45) is 1.89. The number of amides is 1. The van der Waals surface area contributed by atoms with Gasteiger partial charge in [-0.05, 0) is 74.0 Å². The molecule has 0 spiro atoms. The van der Waals surface area contributed by atoms with E-state index >= 15 is 0 Å². The molecular formula is C14H12Br2N2OS. The summed E-state index contributed by atoms with van der Waals surface area (Å²) in [5.41, 5.74) is 8.99. The number of nitrogens with one attached hydrogen (secondary N) is 1. The molecule has 3 N–H and O–H groups in total. The summed E-state index contributed by atoms with van der Waals surface area (Å²) in [6, 6.07) is 7.82. The van der Waals surface area contributed by atoms with Gasteiger partial charge < -0.3 is 11.1 Å². The minimum absolute atomic E-state index is 0.0314. The average molecular weight is 416 g/mol. The molecule has 1 heterocycles. The summed E-state index contributed by atoms with van der Waals surface area (Å²) in [7, 11) is 0. The van der Waals surface area contributed by atoms with Crippen LogP contribution in [0.4, 0.5) is 5.69 Å². The molecule has 3 rings (SSSR count).